The van der Waals surface area contributed by atoms with Gasteiger partial charge in [-0.2, -0.15) is 0 Å². The van der Waals surface area contributed by atoms with Crippen LogP contribution < -0.4 is 4.90 Å². The van der Waals surface area contributed by atoms with E-state index < -0.39 is 0 Å². The lowest BCUT2D eigenvalue weighted by Crippen LogP contribution is -2.49. The first kappa shape index (κ1) is 20.1. The van der Waals surface area contributed by atoms with E-state index in [0.717, 1.165) is 35.9 Å². The summed E-state index contributed by atoms with van der Waals surface area (Å²) in [6.07, 6.45) is 1.80. The maximum Gasteiger partial charge on any atom is 0.253 e. The molecule has 5 nitrogen and oxygen atoms in total. The maximum atomic E-state index is 12.9. The van der Waals surface area contributed by atoms with Crippen molar-refractivity contribution in [3.05, 3.63) is 78.0 Å². The van der Waals surface area contributed by atoms with Crippen LogP contribution in [0.1, 0.15) is 36.7 Å². The minimum Gasteiger partial charge on any atom is -0.353 e. The highest BCUT2D eigenvalue weighted by Gasteiger charge is 2.23. The first-order valence-corrected chi connectivity index (χ1v) is 10.4. The summed E-state index contributed by atoms with van der Waals surface area (Å²) in [5.74, 6) is 1.73. The van der Waals surface area contributed by atoms with Crippen LogP contribution in [-0.2, 0) is 5.41 Å². The lowest BCUT2D eigenvalue weighted by atomic mass is 9.86. The van der Waals surface area contributed by atoms with E-state index in [9.17, 15) is 4.79 Å². The third kappa shape index (κ3) is 4.35. The minimum absolute atomic E-state index is 0.0867. The van der Waals surface area contributed by atoms with Gasteiger partial charge in [0.1, 0.15) is 5.82 Å². The molecule has 1 fully saturated rings. The van der Waals surface area contributed by atoms with Gasteiger partial charge in [0.2, 0.25) is 0 Å². The Bertz CT molecular complexity index is 1000. The van der Waals surface area contributed by atoms with Gasteiger partial charge in [-0.15, -0.1) is 0 Å². The van der Waals surface area contributed by atoms with Gasteiger partial charge in [-0.25, -0.2) is 9.97 Å². The molecule has 0 radical (unpaired) electrons. The molecule has 5 heteroatoms. The molecule has 0 N–H and O–H groups in total. The lowest BCUT2D eigenvalue weighted by Gasteiger charge is -2.35. The van der Waals surface area contributed by atoms with Crippen LogP contribution in [-0.4, -0.2) is 47.0 Å². The quantitative estimate of drug-likeness (QED) is 0.654. The zero-order chi connectivity index (χ0) is 21.1. The SMILES string of the molecule is CC(C)(C)c1ccc(C(=O)N2CCN(c3ccnc(-c4ccccc4)n3)CC2)cc1. The molecule has 3 aromatic rings. The number of nitrogens with zero attached hydrogens (tertiary/aromatic N) is 4. The Balaban J connectivity index is 1.41. The molecule has 1 aliphatic heterocycles. The van der Waals surface area contributed by atoms with Crippen molar-refractivity contribution in [1.82, 2.24) is 14.9 Å². The topological polar surface area (TPSA) is 49.3 Å². The summed E-state index contributed by atoms with van der Waals surface area (Å²) < 4.78 is 0. The van der Waals surface area contributed by atoms with E-state index in [2.05, 4.69) is 42.8 Å². The molecule has 0 bridgehead atoms. The fraction of sp³-hybridized carbons (Fsp3) is 0.320. The molecule has 154 valence electrons. The zero-order valence-electron chi connectivity index (χ0n) is 17.9. The van der Waals surface area contributed by atoms with Crippen molar-refractivity contribution in [2.24, 2.45) is 0 Å². The summed E-state index contributed by atoms with van der Waals surface area (Å²) in [5.41, 5.74) is 3.09. The lowest BCUT2D eigenvalue weighted by molar-refractivity contribution is 0.0746. The number of rotatable bonds is 3. The number of piperazine rings is 1. The number of benzene rings is 2. The largest absolute Gasteiger partial charge is 0.353 e. The van der Waals surface area contributed by atoms with Crippen molar-refractivity contribution in [3.63, 3.8) is 0 Å². The predicted octanol–water partition coefficient (Wildman–Crippen LogP) is 4.40. The van der Waals surface area contributed by atoms with Crippen molar-refractivity contribution < 1.29 is 4.79 Å². The van der Waals surface area contributed by atoms with Crippen LogP contribution in [0.4, 0.5) is 5.82 Å². The van der Waals surface area contributed by atoms with E-state index in [1.807, 2.05) is 53.4 Å². The van der Waals surface area contributed by atoms with Gasteiger partial charge in [-0.1, -0.05) is 63.2 Å². The predicted molar refractivity (Wildman–Crippen MR) is 121 cm³/mol. The fourth-order valence-corrected chi connectivity index (χ4v) is 3.69. The molecule has 0 aliphatic carbocycles. The third-order valence-electron chi connectivity index (χ3n) is 5.56. The summed E-state index contributed by atoms with van der Waals surface area (Å²) in [4.78, 5) is 26.2. The molecule has 30 heavy (non-hydrogen) atoms. The summed E-state index contributed by atoms with van der Waals surface area (Å²) >= 11 is 0. The average Bonchev–Trinajstić information content (AvgIpc) is 2.79. The summed E-state index contributed by atoms with van der Waals surface area (Å²) in [6, 6.07) is 20.0. The Morgan fingerprint density at radius 2 is 1.53 bits per heavy atom. The highest BCUT2D eigenvalue weighted by atomic mass is 16.2. The number of carbonyl (C=O) groups is 1. The van der Waals surface area contributed by atoms with Crippen molar-refractivity contribution in [2.45, 2.75) is 26.2 Å². The summed E-state index contributed by atoms with van der Waals surface area (Å²) in [5, 5.41) is 0. The summed E-state index contributed by atoms with van der Waals surface area (Å²) in [6.45, 7) is 9.43. The normalized spacial score (nSPS) is 14.6. The van der Waals surface area contributed by atoms with E-state index in [0.29, 0.717) is 13.1 Å². The second-order valence-corrected chi connectivity index (χ2v) is 8.71. The second-order valence-electron chi connectivity index (χ2n) is 8.71. The second kappa shape index (κ2) is 8.27. The van der Waals surface area contributed by atoms with Crippen molar-refractivity contribution in [3.8, 4) is 11.4 Å². The Morgan fingerprint density at radius 3 is 2.17 bits per heavy atom. The molecule has 0 spiro atoms. The molecule has 1 saturated heterocycles. The van der Waals surface area contributed by atoms with Crippen molar-refractivity contribution in [1.29, 1.82) is 0 Å². The van der Waals surface area contributed by atoms with E-state index in [1.54, 1.807) is 6.20 Å². The summed E-state index contributed by atoms with van der Waals surface area (Å²) in [7, 11) is 0. The van der Waals surface area contributed by atoms with Gasteiger partial charge in [0.15, 0.2) is 5.82 Å². The highest BCUT2D eigenvalue weighted by Crippen LogP contribution is 2.23. The average molecular weight is 401 g/mol. The molecule has 4 rings (SSSR count). The van der Waals surface area contributed by atoms with Gasteiger partial charge in [-0.05, 0) is 29.2 Å². The van der Waals surface area contributed by atoms with Crippen LogP contribution in [0.2, 0.25) is 0 Å². The fourth-order valence-electron chi connectivity index (χ4n) is 3.69. The van der Waals surface area contributed by atoms with E-state index >= 15 is 0 Å². The smallest absolute Gasteiger partial charge is 0.253 e. The first-order chi connectivity index (χ1) is 14.4. The molecule has 2 aromatic carbocycles. The van der Waals surface area contributed by atoms with Crippen LogP contribution in [0.5, 0.6) is 0 Å². The van der Waals surface area contributed by atoms with E-state index in [-0.39, 0.29) is 11.3 Å². The number of aromatic nitrogens is 2. The Morgan fingerprint density at radius 1 is 0.867 bits per heavy atom. The van der Waals surface area contributed by atoms with Crippen molar-refractivity contribution >= 4 is 11.7 Å². The van der Waals surface area contributed by atoms with Gasteiger partial charge in [0, 0.05) is 43.5 Å². The molecule has 0 atom stereocenters. The number of hydrogen-bond donors (Lipinski definition) is 0. The van der Waals surface area contributed by atoms with Crippen LogP contribution in [0.25, 0.3) is 11.4 Å². The van der Waals surface area contributed by atoms with E-state index in [1.165, 1.54) is 5.56 Å². The molecule has 0 saturated carbocycles. The Labute approximate surface area is 178 Å². The minimum atomic E-state index is 0.0867. The highest BCUT2D eigenvalue weighted by molar-refractivity contribution is 5.94. The third-order valence-corrected chi connectivity index (χ3v) is 5.56. The number of hydrogen-bond acceptors (Lipinski definition) is 4. The molecule has 2 heterocycles. The molecule has 1 aromatic heterocycles. The van der Waals surface area contributed by atoms with Crippen LogP contribution in [0.3, 0.4) is 0 Å². The first-order valence-electron chi connectivity index (χ1n) is 10.4. The molecular formula is C25H28N4O. The van der Waals surface area contributed by atoms with Crippen LogP contribution in [0.15, 0.2) is 66.9 Å². The number of anilines is 1. The number of carbonyl (C=O) groups excluding carboxylic acids is 1. The number of amides is 1. The standard InChI is InChI=1S/C25H28N4O/c1-25(2,3)21-11-9-20(10-12-21)24(30)29-17-15-28(16-18-29)22-13-14-26-23(27-22)19-7-5-4-6-8-19/h4-14H,15-18H2,1-3H3. The van der Waals surface area contributed by atoms with Crippen molar-refractivity contribution in [2.75, 3.05) is 31.1 Å². The Hall–Kier alpha value is -3.21. The molecule has 0 unspecified atom stereocenters. The monoisotopic (exact) mass is 400 g/mol. The van der Waals surface area contributed by atoms with Crippen LogP contribution in [0, 0.1) is 0 Å². The Kier molecular flexibility index (Phi) is 5.53. The van der Waals surface area contributed by atoms with Gasteiger partial charge >= 0.3 is 0 Å². The van der Waals surface area contributed by atoms with Crippen LogP contribution >= 0.6 is 0 Å². The van der Waals surface area contributed by atoms with E-state index in [4.69, 9.17) is 4.98 Å². The van der Waals surface area contributed by atoms with Gasteiger partial charge in [0.05, 0.1) is 0 Å². The zero-order valence-corrected chi connectivity index (χ0v) is 17.9. The molecule has 1 aliphatic rings. The van der Waals surface area contributed by atoms with Gasteiger partial charge < -0.3 is 9.80 Å². The van der Waals surface area contributed by atoms with Gasteiger partial charge in [0.25, 0.3) is 5.91 Å². The molecular weight excluding hydrogens is 372 g/mol. The maximum absolute atomic E-state index is 12.9. The van der Waals surface area contributed by atoms with Gasteiger partial charge in [-0.3, -0.25) is 4.79 Å². The molecule has 1 amide bonds.